The van der Waals surface area contributed by atoms with E-state index in [0.717, 1.165) is 6.42 Å². The number of methoxy groups -OCH3 is 1. The molecule has 2 N–H and O–H groups in total. The van der Waals surface area contributed by atoms with E-state index in [0.29, 0.717) is 6.54 Å². The highest BCUT2D eigenvalue weighted by Gasteiger charge is 2.20. The highest BCUT2D eigenvalue weighted by atomic mass is 35.5. The van der Waals surface area contributed by atoms with Crippen molar-refractivity contribution in [3.63, 3.8) is 0 Å². The first-order valence-corrected chi connectivity index (χ1v) is 9.53. The number of carbonyl (C=O) groups excluding carboxylic acids is 2. The molecule has 2 amide bonds. The van der Waals surface area contributed by atoms with Crippen molar-refractivity contribution in [2.75, 3.05) is 13.7 Å². The lowest BCUT2D eigenvalue weighted by Crippen LogP contribution is -2.45. The number of amides is 2. The number of nitrogens with zero attached hydrogens (tertiary/aromatic N) is 1. The maximum atomic E-state index is 12.5. The zero-order chi connectivity index (χ0) is 22.3. The lowest BCUT2D eigenvalue weighted by atomic mass is 10.1. The van der Waals surface area contributed by atoms with Gasteiger partial charge in [-0.2, -0.15) is 0 Å². The number of halogens is 1. The maximum Gasteiger partial charge on any atom is 0.313 e. The van der Waals surface area contributed by atoms with E-state index < -0.39 is 16.9 Å². The Labute approximate surface area is 178 Å². The molecule has 2 aromatic carbocycles. The highest BCUT2D eigenvalue weighted by Crippen LogP contribution is 2.37. The van der Waals surface area contributed by atoms with Crippen LogP contribution in [0.4, 0.5) is 5.69 Å². The molecule has 0 fully saturated rings. The second-order valence-corrected chi connectivity index (χ2v) is 6.76. The highest BCUT2D eigenvalue weighted by molar-refractivity contribution is 6.30. The molecule has 160 valence electrons. The zero-order valence-electron chi connectivity index (χ0n) is 16.7. The van der Waals surface area contributed by atoms with Gasteiger partial charge in [0, 0.05) is 23.2 Å². The molecule has 1 atom stereocenters. The lowest BCUT2D eigenvalue weighted by molar-refractivity contribution is -0.385. The van der Waals surface area contributed by atoms with Crippen molar-refractivity contribution in [2.24, 2.45) is 0 Å². The molecule has 0 heterocycles. The first-order chi connectivity index (χ1) is 14.3. The third kappa shape index (κ3) is 5.84. The molecule has 0 saturated carbocycles. The van der Waals surface area contributed by atoms with Gasteiger partial charge < -0.3 is 20.1 Å². The summed E-state index contributed by atoms with van der Waals surface area (Å²) in [5.74, 6) is -0.423. The van der Waals surface area contributed by atoms with Gasteiger partial charge in [-0.1, -0.05) is 18.5 Å². The SMILES string of the molecule is CCCNC(=O)C(C)NC(=O)c1ccc(Oc2ccc(Cl)cc2[N+](=O)[O-])c(OC)c1. The van der Waals surface area contributed by atoms with Gasteiger partial charge >= 0.3 is 5.69 Å². The van der Waals surface area contributed by atoms with Crippen molar-refractivity contribution in [3.8, 4) is 17.2 Å². The van der Waals surface area contributed by atoms with Crippen molar-refractivity contribution in [2.45, 2.75) is 26.3 Å². The summed E-state index contributed by atoms with van der Waals surface area (Å²) in [6.45, 7) is 4.03. The van der Waals surface area contributed by atoms with Crippen LogP contribution in [-0.4, -0.2) is 36.4 Å². The smallest absolute Gasteiger partial charge is 0.313 e. The molecular formula is C20H22ClN3O6. The predicted octanol–water partition coefficient (Wildman–Crippen LogP) is 3.69. The molecule has 0 aliphatic rings. The Morgan fingerprint density at radius 3 is 2.50 bits per heavy atom. The monoisotopic (exact) mass is 435 g/mol. The average Bonchev–Trinajstić information content (AvgIpc) is 2.73. The Hall–Kier alpha value is -3.33. The van der Waals surface area contributed by atoms with E-state index in [9.17, 15) is 19.7 Å². The van der Waals surface area contributed by atoms with Gasteiger partial charge in [-0.25, -0.2) is 0 Å². The Bertz CT molecular complexity index is 950. The van der Waals surface area contributed by atoms with Crippen molar-refractivity contribution in [1.29, 1.82) is 0 Å². The van der Waals surface area contributed by atoms with E-state index in [1.54, 1.807) is 6.92 Å². The predicted molar refractivity (Wildman–Crippen MR) is 111 cm³/mol. The van der Waals surface area contributed by atoms with Gasteiger partial charge in [-0.15, -0.1) is 0 Å². The number of hydrogen-bond acceptors (Lipinski definition) is 6. The number of hydrogen-bond donors (Lipinski definition) is 2. The second kappa shape index (κ2) is 10.4. The van der Waals surface area contributed by atoms with Crippen molar-refractivity contribution < 1.29 is 24.0 Å². The minimum atomic E-state index is -0.720. The van der Waals surface area contributed by atoms with Gasteiger partial charge in [0.1, 0.15) is 6.04 Å². The molecular weight excluding hydrogens is 414 g/mol. The van der Waals surface area contributed by atoms with Crippen LogP contribution < -0.4 is 20.1 Å². The lowest BCUT2D eigenvalue weighted by Gasteiger charge is -2.15. The molecule has 2 rings (SSSR count). The molecule has 1 unspecified atom stereocenters. The number of nitro groups is 1. The Kier molecular flexibility index (Phi) is 7.99. The summed E-state index contributed by atoms with van der Waals surface area (Å²) in [5.41, 5.74) is -0.0711. The third-order valence-corrected chi connectivity index (χ3v) is 4.29. The molecule has 10 heteroatoms. The molecule has 0 bridgehead atoms. The number of ether oxygens (including phenoxy) is 2. The van der Waals surface area contributed by atoms with Gasteiger partial charge in [-0.05, 0) is 43.7 Å². The fourth-order valence-electron chi connectivity index (χ4n) is 2.48. The van der Waals surface area contributed by atoms with Crippen LogP contribution in [-0.2, 0) is 4.79 Å². The molecule has 0 saturated heterocycles. The number of benzene rings is 2. The van der Waals surface area contributed by atoms with Crippen LogP contribution in [0.5, 0.6) is 17.2 Å². The van der Waals surface area contributed by atoms with Crippen LogP contribution in [0.1, 0.15) is 30.6 Å². The van der Waals surface area contributed by atoms with Gasteiger partial charge in [0.2, 0.25) is 11.7 Å². The molecule has 0 aromatic heterocycles. The van der Waals surface area contributed by atoms with Gasteiger partial charge in [-0.3, -0.25) is 19.7 Å². The fourth-order valence-corrected chi connectivity index (χ4v) is 2.64. The van der Waals surface area contributed by atoms with Crippen LogP contribution in [0.2, 0.25) is 5.02 Å². The van der Waals surface area contributed by atoms with Crippen molar-refractivity contribution in [1.82, 2.24) is 10.6 Å². The average molecular weight is 436 g/mol. The van der Waals surface area contributed by atoms with E-state index in [1.807, 2.05) is 6.92 Å². The quantitative estimate of drug-likeness (QED) is 0.457. The minimum Gasteiger partial charge on any atom is -0.493 e. The molecule has 0 spiro atoms. The molecule has 0 radical (unpaired) electrons. The summed E-state index contributed by atoms with van der Waals surface area (Å²) in [6, 6.07) is 7.63. The van der Waals surface area contributed by atoms with Crippen LogP contribution in [0, 0.1) is 10.1 Å². The Balaban J connectivity index is 2.20. The molecule has 2 aromatic rings. The van der Waals surface area contributed by atoms with Crippen molar-refractivity contribution >= 4 is 29.1 Å². The van der Waals surface area contributed by atoms with Crippen LogP contribution in [0.15, 0.2) is 36.4 Å². The molecule has 9 nitrogen and oxygen atoms in total. The standard InChI is InChI=1S/C20H22ClN3O6/c1-4-9-22-19(25)12(2)23-20(26)13-5-7-17(18(10-13)29-3)30-16-8-6-14(21)11-15(16)24(27)28/h5-8,10-12H,4,9H2,1-3H3,(H,22,25)(H,23,26). The number of nitro benzene ring substituents is 1. The van der Waals surface area contributed by atoms with Crippen molar-refractivity contribution in [3.05, 3.63) is 57.1 Å². The summed E-state index contributed by atoms with van der Waals surface area (Å²) in [7, 11) is 1.38. The van der Waals surface area contributed by atoms with E-state index in [-0.39, 0.29) is 39.4 Å². The Morgan fingerprint density at radius 2 is 1.87 bits per heavy atom. The van der Waals surface area contributed by atoms with Gasteiger partial charge in [0.05, 0.1) is 12.0 Å². The summed E-state index contributed by atoms with van der Waals surface area (Å²) in [6.07, 6.45) is 0.789. The summed E-state index contributed by atoms with van der Waals surface area (Å²) in [5, 5.41) is 16.7. The molecule has 0 aliphatic heterocycles. The van der Waals surface area contributed by atoms with Crippen LogP contribution >= 0.6 is 11.6 Å². The minimum absolute atomic E-state index is 0.0267. The number of carbonyl (C=O) groups is 2. The number of rotatable bonds is 9. The van der Waals surface area contributed by atoms with Gasteiger partial charge in [0.15, 0.2) is 11.5 Å². The second-order valence-electron chi connectivity index (χ2n) is 6.32. The summed E-state index contributed by atoms with van der Waals surface area (Å²) < 4.78 is 10.9. The fraction of sp³-hybridized carbons (Fsp3) is 0.300. The number of nitrogens with one attached hydrogen (secondary N) is 2. The zero-order valence-corrected chi connectivity index (χ0v) is 17.5. The van der Waals surface area contributed by atoms with E-state index in [1.165, 1.54) is 43.5 Å². The normalized spacial score (nSPS) is 11.3. The molecule has 30 heavy (non-hydrogen) atoms. The topological polar surface area (TPSA) is 120 Å². The third-order valence-electron chi connectivity index (χ3n) is 4.05. The molecule has 0 aliphatic carbocycles. The van der Waals surface area contributed by atoms with E-state index in [2.05, 4.69) is 10.6 Å². The van der Waals surface area contributed by atoms with Crippen LogP contribution in [0.25, 0.3) is 0 Å². The Morgan fingerprint density at radius 1 is 1.17 bits per heavy atom. The maximum absolute atomic E-state index is 12.5. The van der Waals surface area contributed by atoms with E-state index in [4.69, 9.17) is 21.1 Å². The summed E-state index contributed by atoms with van der Waals surface area (Å²) >= 11 is 5.81. The van der Waals surface area contributed by atoms with E-state index >= 15 is 0 Å². The van der Waals surface area contributed by atoms with Crippen LogP contribution in [0.3, 0.4) is 0 Å². The first-order valence-electron chi connectivity index (χ1n) is 9.15. The largest absolute Gasteiger partial charge is 0.493 e. The van der Waals surface area contributed by atoms with Gasteiger partial charge in [0.25, 0.3) is 5.91 Å². The first kappa shape index (κ1) is 23.0. The summed E-state index contributed by atoms with van der Waals surface area (Å²) in [4.78, 5) is 35.0.